The number of carbonyl (C=O) groups excluding carboxylic acids is 1. The highest BCUT2D eigenvalue weighted by Crippen LogP contribution is 2.35. The first-order chi connectivity index (χ1) is 18.5. The molecule has 0 saturated carbocycles. The Labute approximate surface area is 231 Å². The lowest BCUT2D eigenvalue weighted by Gasteiger charge is -2.35. The SMILES string of the molecule is Cn1ccnc1CCN(Cc1ccc(CNC(=O)c2c(Cl)cncc2Cl)cc1)C1CCOc2cccnc21. The van der Waals surface area contributed by atoms with Crippen LogP contribution in [0.5, 0.6) is 5.75 Å². The Bertz CT molecular complexity index is 1390. The lowest BCUT2D eigenvalue weighted by molar-refractivity contribution is 0.0951. The second kappa shape index (κ2) is 11.9. The number of rotatable bonds is 9. The van der Waals surface area contributed by atoms with Gasteiger partial charge in [-0.15, -0.1) is 0 Å². The molecular weight excluding hydrogens is 523 g/mol. The van der Waals surface area contributed by atoms with Gasteiger partial charge in [0.05, 0.1) is 34.0 Å². The fourth-order valence-electron chi connectivity index (χ4n) is 4.67. The van der Waals surface area contributed by atoms with Gasteiger partial charge in [0.15, 0.2) is 0 Å². The van der Waals surface area contributed by atoms with E-state index in [4.69, 9.17) is 27.9 Å². The molecule has 0 radical (unpaired) electrons. The van der Waals surface area contributed by atoms with Gasteiger partial charge in [-0.3, -0.25) is 19.7 Å². The van der Waals surface area contributed by atoms with Crippen LogP contribution in [0.15, 0.2) is 67.4 Å². The van der Waals surface area contributed by atoms with Crippen LogP contribution in [-0.2, 0) is 26.6 Å². The topological polar surface area (TPSA) is 85.2 Å². The van der Waals surface area contributed by atoms with Crippen molar-refractivity contribution in [2.75, 3.05) is 13.2 Å². The average Bonchev–Trinajstić information content (AvgIpc) is 3.34. The molecule has 0 aliphatic carbocycles. The number of hydrogen-bond donors (Lipinski definition) is 1. The first kappa shape index (κ1) is 26.2. The summed E-state index contributed by atoms with van der Waals surface area (Å²) in [5.41, 5.74) is 3.35. The zero-order chi connectivity index (χ0) is 26.5. The van der Waals surface area contributed by atoms with E-state index in [-0.39, 0.29) is 27.6 Å². The maximum atomic E-state index is 12.6. The zero-order valence-electron chi connectivity index (χ0n) is 21.0. The minimum atomic E-state index is -0.336. The molecule has 1 unspecified atom stereocenters. The third-order valence-electron chi connectivity index (χ3n) is 6.69. The number of benzene rings is 1. The van der Waals surface area contributed by atoms with Gasteiger partial charge in [-0.05, 0) is 23.3 Å². The number of aromatic nitrogens is 4. The predicted octanol–water partition coefficient (Wildman–Crippen LogP) is 5.02. The molecule has 0 spiro atoms. The molecule has 1 N–H and O–H groups in total. The van der Waals surface area contributed by atoms with Crippen molar-refractivity contribution in [3.8, 4) is 5.75 Å². The summed E-state index contributed by atoms with van der Waals surface area (Å²) in [6.07, 6.45) is 10.1. The molecule has 1 aliphatic rings. The summed E-state index contributed by atoms with van der Waals surface area (Å²) in [6, 6.07) is 12.3. The van der Waals surface area contributed by atoms with Gasteiger partial charge in [0.25, 0.3) is 5.91 Å². The van der Waals surface area contributed by atoms with Crippen LogP contribution in [-0.4, -0.2) is 43.5 Å². The highest BCUT2D eigenvalue weighted by Gasteiger charge is 2.28. The maximum absolute atomic E-state index is 12.6. The molecule has 5 rings (SSSR count). The molecule has 1 aliphatic heterocycles. The molecule has 8 nitrogen and oxygen atoms in total. The Morgan fingerprint density at radius 3 is 2.61 bits per heavy atom. The predicted molar refractivity (Wildman–Crippen MR) is 146 cm³/mol. The van der Waals surface area contributed by atoms with Gasteiger partial charge in [-0.2, -0.15) is 0 Å². The minimum Gasteiger partial charge on any atom is -0.492 e. The van der Waals surface area contributed by atoms with Gasteiger partial charge in [-0.1, -0.05) is 47.5 Å². The van der Waals surface area contributed by atoms with E-state index in [2.05, 4.69) is 41.9 Å². The standard InChI is InChI=1S/C28H28Cl2N6O2/c1-35-13-11-32-25(35)8-12-36(23-9-14-38-24-3-2-10-33-27(23)24)18-20-6-4-19(5-7-20)15-34-28(37)26-21(29)16-31-17-22(26)30/h2-7,10-11,13,16-17,23H,8-9,12,14-15,18H2,1H3,(H,34,37). The fraction of sp³-hybridized carbons (Fsp3) is 0.286. The summed E-state index contributed by atoms with van der Waals surface area (Å²) in [5, 5.41) is 3.33. The van der Waals surface area contributed by atoms with E-state index in [0.29, 0.717) is 13.2 Å². The van der Waals surface area contributed by atoms with Crippen LogP contribution in [0.2, 0.25) is 10.0 Å². The molecule has 1 amide bonds. The molecule has 0 bridgehead atoms. The maximum Gasteiger partial charge on any atom is 0.254 e. The molecule has 0 fully saturated rings. The Balaban J connectivity index is 1.28. The van der Waals surface area contributed by atoms with Crippen LogP contribution >= 0.6 is 23.2 Å². The van der Waals surface area contributed by atoms with Crippen molar-refractivity contribution >= 4 is 29.1 Å². The van der Waals surface area contributed by atoms with Crippen LogP contribution in [0.4, 0.5) is 0 Å². The number of hydrogen-bond acceptors (Lipinski definition) is 6. The van der Waals surface area contributed by atoms with Crippen molar-refractivity contribution in [3.63, 3.8) is 0 Å². The quantitative estimate of drug-likeness (QED) is 0.315. The number of ether oxygens (including phenoxy) is 1. The van der Waals surface area contributed by atoms with E-state index in [1.807, 2.05) is 49.9 Å². The van der Waals surface area contributed by atoms with E-state index in [9.17, 15) is 4.79 Å². The van der Waals surface area contributed by atoms with Gasteiger partial charge in [-0.25, -0.2) is 4.98 Å². The van der Waals surface area contributed by atoms with Gasteiger partial charge in [0.1, 0.15) is 11.6 Å². The summed E-state index contributed by atoms with van der Waals surface area (Å²) < 4.78 is 7.93. The van der Waals surface area contributed by atoms with Crippen LogP contribution in [0.1, 0.15) is 45.5 Å². The molecule has 3 aromatic heterocycles. The second-order valence-electron chi connectivity index (χ2n) is 9.19. The van der Waals surface area contributed by atoms with E-state index in [1.165, 1.54) is 18.0 Å². The van der Waals surface area contributed by atoms with Crippen molar-refractivity contribution in [1.29, 1.82) is 0 Å². The number of aryl methyl sites for hydroxylation is 1. The number of imidazole rings is 1. The first-order valence-corrected chi connectivity index (χ1v) is 13.2. The number of halogens is 2. The highest BCUT2D eigenvalue weighted by atomic mass is 35.5. The summed E-state index contributed by atoms with van der Waals surface area (Å²) in [6.45, 7) is 2.59. The van der Waals surface area contributed by atoms with Crippen molar-refractivity contribution in [1.82, 2.24) is 29.7 Å². The van der Waals surface area contributed by atoms with Crippen molar-refractivity contribution < 1.29 is 9.53 Å². The highest BCUT2D eigenvalue weighted by molar-refractivity contribution is 6.39. The number of amides is 1. The van der Waals surface area contributed by atoms with E-state index in [1.54, 1.807) is 0 Å². The lowest BCUT2D eigenvalue weighted by atomic mass is 10.0. The number of fused-ring (bicyclic) bond motifs is 1. The first-order valence-electron chi connectivity index (χ1n) is 12.4. The van der Waals surface area contributed by atoms with Crippen molar-refractivity contribution in [2.24, 2.45) is 7.05 Å². The van der Waals surface area contributed by atoms with Crippen LogP contribution in [0.3, 0.4) is 0 Å². The smallest absolute Gasteiger partial charge is 0.254 e. The molecule has 4 heterocycles. The van der Waals surface area contributed by atoms with E-state index >= 15 is 0 Å². The Hall–Kier alpha value is -3.46. The van der Waals surface area contributed by atoms with Crippen LogP contribution < -0.4 is 10.1 Å². The lowest BCUT2D eigenvalue weighted by Crippen LogP contribution is -2.34. The number of nitrogens with zero attached hydrogens (tertiary/aromatic N) is 5. The normalized spacial score (nSPS) is 14.7. The fourth-order valence-corrected chi connectivity index (χ4v) is 5.21. The monoisotopic (exact) mass is 550 g/mol. The number of pyridine rings is 2. The largest absolute Gasteiger partial charge is 0.492 e. The molecular formula is C28H28Cl2N6O2. The molecule has 0 saturated heterocycles. The molecule has 1 aromatic carbocycles. The molecule has 1 atom stereocenters. The molecule has 38 heavy (non-hydrogen) atoms. The molecule has 4 aromatic rings. The van der Waals surface area contributed by atoms with Gasteiger partial charge >= 0.3 is 0 Å². The zero-order valence-corrected chi connectivity index (χ0v) is 22.5. The average molecular weight is 551 g/mol. The van der Waals surface area contributed by atoms with Gasteiger partial charge in [0, 0.05) is 70.5 Å². The van der Waals surface area contributed by atoms with Gasteiger partial charge < -0.3 is 14.6 Å². The van der Waals surface area contributed by atoms with Crippen molar-refractivity contribution in [2.45, 2.75) is 32.0 Å². The summed E-state index contributed by atoms with van der Waals surface area (Å²) in [5.74, 6) is 1.56. The Morgan fingerprint density at radius 2 is 1.87 bits per heavy atom. The summed E-state index contributed by atoms with van der Waals surface area (Å²) in [7, 11) is 2.02. The number of nitrogens with one attached hydrogen (secondary N) is 1. The number of carbonyl (C=O) groups is 1. The minimum absolute atomic E-state index is 0.147. The van der Waals surface area contributed by atoms with E-state index in [0.717, 1.165) is 48.8 Å². The Morgan fingerprint density at radius 1 is 1.11 bits per heavy atom. The van der Waals surface area contributed by atoms with Crippen molar-refractivity contribution in [3.05, 3.63) is 106 Å². The van der Waals surface area contributed by atoms with Crippen LogP contribution in [0.25, 0.3) is 0 Å². The molecule has 10 heteroatoms. The van der Waals surface area contributed by atoms with E-state index < -0.39 is 0 Å². The second-order valence-corrected chi connectivity index (χ2v) is 10.0. The third kappa shape index (κ3) is 5.99. The summed E-state index contributed by atoms with van der Waals surface area (Å²) in [4.78, 5) is 28.1. The Kier molecular flexibility index (Phi) is 8.22. The van der Waals surface area contributed by atoms with Crippen LogP contribution in [0, 0.1) is 0 Å². The third-order valence-corrected chi connectivity index (χ3v) is 7.26. The molecule has 196 valence electrons. The van der Waals surface area contributed by atoms with Gasteiger partial charge in [0.2, 0.25) is 0 Å². The summed E-state index contributed by atoms with van der Waals surface area (Å²) >= 11 is 12.2.